The maximum atomic E-state index is 12.6. The summed E-state index contributed by atoms with van der Waals surface area (Å²) in [5, 5.41) is 0. The van der Waals surface area contributed by atoms with E-state index in [-0.39, 0.29) is 18.0 Å². The van der Waals surface area contributed by atoms with Crippen molar-refractivity contribution in [3.8, 4) is 0 Å². The molecule has 0 aromatic rings. The van der Waals surface area contributed by atoms with Gasteiger partial charge in [-0.15, -0.1) is 0 Å². The Bertz CT molecular complexity index is 351. The Balaban J connectivity index is 1.99. The molecule has 0 spiro atoms. The number of carbonyl (C=O) groups is 2. The number of rotatable bonds is 2. The summed E-state index contributed by atoms with van der Waals surface area (Å²) < 4.78 is 5.11. The largest absolute Gasteiger partial charge is 0.464 e. The highest BCUT2D eigenvalue weighted by atomic mass is 16.5. The lowest BCUT2D eigenvalue weighted by molar-refractivity contribution is -0.149. The Morgan fingerprint density at radius 3 is 2.45 bits per heavy atom. The van der Waals surface area contributed by atoms with Crippen LogP contribution in [0.25, 0.3) is 0 Å². The Morgan fingerprint density at radius 1 is 1.10 bits per heavy atom. The van der Waals surface area contributed by atoms with Gasteiger partial charge in [0.15, 0.2) is 0 Å². The van der Waals surface area contributed by atoms with Crippen LogP contribution in [0.3, 0.4) is 0 Å². The first kappa shape index (κ1) is 15.1. The average Bonchev–Trinajstić information content (AvgIpc) is 2.47. The van der Waals surface area contributed by atoms with Crippen molar-refractivity contribution in [2.45, 2.75) is 52.0 Å². The summed E-state index contributed by atoms with van der Waals surface area (Å²) in [6.45, 7) is 6.70. The molecule has 20 heavy (non-hydrogen) atoms. The molecular weight excluding hydrogens is 256 g/mol. The summed E-state index contributed by atoms with van der Waals surface area (Å²) >= 11 is 0. The summed E-state index contributed by atoms with van der Waals surface area (Å²) in [6.07, 6.45) is 4.82. The molecule has 2 amide bonds. The third-order valence-electron chi connectivity index (χ3n) is 4.36. The highest BCUT2D eigenvalue weighted by Gasteiger charge is 2.36. The monoisotopic (exact) mass is 282 g/mol. The minimum Gasteiger partial charge on any atom is -0.464 e. The lowest BCUT2D eigenvalue weighted by atomic mass is 9.99. The van der Waals surface area contributed by atoms with E-state index in [4.69, 9.17) is 4.74 Å². The number of ether oxygens (including phenoxy) is 1. The molecule has 2 heterocycles. The van der Waals surface area contributed by atoms with E-state index in [1.54, 1.807) is 11.8 Å². The van der Waals surface area contributed by atoms with Gasteiger partial charge in [-0.3, -0.25) is 0 Å². The molecule has 0 aliphatic carbocycles. The fourth-order valence-electron chi connectivity index (χ4n) is 3.03. The third-order valence-corrected chi connectivity index (χ3v) is 4.36. The highest BCUT2D eigenvalue weighted by molar-refractivity contribution is 5.84. The summed E-state index contributed by atoms with van der Waals surface area (Å²) in [6, 6.07) is -0.356. The van der Waals surface area contributed by atoms with Crippen molar-refractivity contribution in [3.05, 3.63) is 0 Å². The van der Waals surface area contributed by atoms with Crippen LogP contribution < -0.4 is 0 Å². The molecule has 1 atom stereocenters. The van der Waals surface area contributed by atoms with Gasteiger partial charge in [-0.25, -0.2) is 9.59 Å². The zero-order valence-corrected chi connectivity index (χ0v) is 12.6. The van der Waals surface area contributed by atoms with Gasteiger partial charge in [0.1, 0.15) is 6.04 Å². The van der Waals surface area contributed by atoms with E-state index < -0.39 is 0 Å². The van der Waals surface area contributed by atoms with Gasteiger partial charge in [-0.2, -0.15) is 0 Å². The van der Waals surface area contributed by atoms with Crippen LogP contribution in [0.4, 0.5) is 4.79 Å². The quantitative estimate of drug-likeness (QED) is 0.730. The van der Waals surface area contributed by atoms with Crippen molar-refractivity contribution >= 4 is 12.0 Å². The second-order valence-electron chi connectivity index (χ2n) is 5.91. The van der Waals surface area contributed by atoms with Gasteiger partial charge >= 0.3 is 12.0 Å². The summed E-state index contributed by atoms with van der Waals surface area (Å²) in [7, 11) is 0. The van der Waals surface area contributed by atoms with Gasteiger partial charge in [0.25, 0.3) is 0 Å². The Kier molecular flexibility index (Phi) is 5.26. The second-order valence-corrected chi connectivity index (χ2v) is 5.91. The van der Waals surface area contributed by atoms with E-state index in [1.165, 1.54) is 0 Å². The van der Waals surface area contributed by atoms with Crippen molar-refractivity contribution in [2.24, 2.45) is 5.92 Å². The molecule has 0 bridgehead atoms. The van der Waals surface area contributed by atoms with Gasteiger partial charge in [0, 0.05) is 19.6 Å². The highest BCUT2D eigenvalue weighted by Crippen LogP contribution is 2.23. The minimum absolute atomic E-state index is 0.0228. The molecule has 0 saturated carbocycles. The van der Waals surface area contributed by atoms with E-state index in [0.717, 1.165) is 45.2 Å². The van der Waals surface area contributed by atoms with Crippen LogP contribution in [-0.2, 0) is 9.53 Å². The number of likely N-dealkylation sites (tertiary alicyclic amines) is 2. The molecule has 2 rings (SSSR count). The van der Waals surface area contributed by atoms with Crippen LogP contribution in [-0.4, -0.2) is 54.1 Å². The van der Waals surface area contributed by atoms with Crippen molar-refractivity contribution in [1.82, 2.24) is 9.80 Å². The van der Waals surface area contributed by atoms with Crippen molar-refractivity contribution in [2.75, 3.05) is 26.2 Å². The third kappa shape index (κ3) is 3.44. The van der Waals surface area contributed by atoms with Gasteiger partial charge in [-0.05, 0) is 44.9 Å². The molecule has 0 N–H and O–H groups in total. The number of amides is 2. The van der Waals surface area contributed by atoms with E-state index in [1.807, 2.05) is 4.90 Å². The zero-order chi connectivity index (χ0) is 14.5. The van der Waals surface area contributed by atoms with Gasteiger partial charge in [0.05, 0.1) is 6.61 Å². The van der Waals surface area contributed by atoms with E-state index in [9.17, 15) is 9.59 Å². The predicted molar refractivity (Wildman–Crippen MR) is 76.3 cm³/mol. The van der Waals surface area contributed by atoms with Gasteiger partial charge in [-0.1, -0.05) is 6.92 Å². The molecular formula is C15H26N2O3. The SMILES string of the molecule is CCOC(=O)C1CCCCN1C(=O)N1CCC(C)CC1. The number of piperidine rings is 2. The standard InChI is InChI=1S/C15H26N2O3/c1-3-20-14(18)13-6-4-5-9-17(13)15(19)16-10-7-12(2)8-11-16/h12-13H,3-11H2,1-2H3. The topological polar surface area (TPSA) is 49.9 Å². The molecule has 0 aromatic heterocycles. The molecule has 0 radical (unpaired) electrons. The summed E-state index contributed by atoms with van der Waals surface area (Å²) in [5.41, 5.74) is 0. The molecule has 2 aliphatic heterocycles. The van der Waals surface area contributed by atoms with E-state index in [0.29, 0.717) is 19.1 Å². The maximum Gasteiger partial charge on any atom is 0.328 e. The van der Waals surface area contributed by atoms with Crippen LogP contribution in [0.15, 0.2) is 0 Å². The molecule has 2 saturated heterocycles. The number of nitrogens with zero attached hydrogens (tertiary/aromatic N) is 2. The van der Waals surface area contributed by atoms with Crippen LogP contribution in [0.5, 0.6) is 0 Å². The number of esters is 1. The molecule has 5 heteroatoms. The average molecular weight is 282 g/mol. The first-order valence-electron chi connectivity index (χ1n) is 7.85. The summed E-state index contributed by atoms with van der Waals surface area (Å²) in [4.78, 5) is 28.3. The number of carbonyl (C=O) groups excluding carboxylic acids is 2. The maximum absolute atomic E-state index is 12.6. The Morgan fingerprint density at radius 2 is 1.80 bits per heavy atom. The van der Waals surface area contributed by atoms with Crippen LogP contribution in [0.2, 0.25) is 0 Å². The van der Waals surface area contributed by atoms with Gasteiger partial charge in [0.2, 0.25) is 0 Å². The van der Waals surface area contributed by atoms with E-state index >= 15 is 0 Å². The fraction of sp³-hybridized carbons (Fsp3) is 0.867. The van der Waals surface area contributed by atoms with Crippen LogP contribution >= 0.6 is 0 Å². The Labute approximate surface area is 121 Å². The van der Waals surface area contributed by atoms with Crippen LogP contribution in [0.1, 0.15) is 46.0 Å². The molecule has 2 fully saturated rings. The molecule has 114 valence electrons. The lowest BCUT2D eigenvalue weighted by Gasteiger charge is -2.39. The molecule has 1 unspecified atom stereocenters. The smallest absolute Gasteiger partial charge is 0.328 e. The summed E-state index contributed by atoms with van der Waals surface area (Å²) in [5.74, 6) is 0.451. The van der Waals surface area contributed by atoms with Crippen molar-refractivity contribution in [1.29, 1.82) is 0 Å². The van der Waals surface area contributed by atoms with Crippen molar-refractivity contribution < 1.29 is 14.3 Å². The first-order valence-corrected chi connectivity index (χ1v) is 7.85. The first-order chi connectivity index (χ1) is 9.63. The second kappa shape index (κ2) is 6.95. The van der Waals surface area contributed by atoms with E-state index in [2.05, 4.69) is 6.92 Å². The molecule has 2 aliphatic rings. The predicted octanol–water partition coefficient (Wildman–Crippen LogP) is 2.26. The minimum atomic E-state index is -0.379. The zero-order valence-electron chi connectivity index (χ0n) is 12.6. The van der Waals surface area contributed by atoms with Crippen LogP contribution in [0, 0.1) is 5.92 Å². The number of hydrogen-bond donors (Lipinski definition) is 0. The molecule has 0 aromatic carbocycles. The fourth-order valence-corrected chi connectivity index (χ4v) is 3.03. The Hall–Kier alpha value is -1.26. The number of urea groups is 1. The lowest BCUT2D eigenvalue weighted by Crippen LogP contribution is -2.54. The molecule has 5 nitrogen and oxygen atoms in total. The van der Waals surface area contributed by atoms with Gasteiger partial charge < -0.3 is 14.5 Å². The normalized spacial score (nSPS) is 24.6. The number of hydrogen-bond acceptors (Lipinski definition) is 3. The van der Waals surface area contributed by atoms with Crippen molar-refractivity contribution in [3.63, 3.8) is 0 Å².